The van der Waals surface area contributed by atoms with Crippen molar-refractivity contribution in [2.75, 3.05) is 4.90 Å². The molecule has 2 aromatic heterocycles. The van der Waals surface area contributed by atoms with E-state index in [-0.39, 0.29) is 0 Å². The van der Waals surface area contributed by atoms with Gasteiger partial charge in [0, 0.05) is 49.7 Å². The zero-order valence-corrected chi connectivity index (χ0v) is 35.4. The molecule has 0 unspecified atom stereocenters. The molecule has 0 bridgehead atoms. The number of para-hydroxylation sites is 2. The molecule has 65 heavy (non-hydrogen) atoms. The van der Waals surface area contributed by atoms with E-state index in [9.17, 15) is 0 Å². The molecule has 0 fully saturated rings. The van der Waals surface area contributed by atoms with Crippen molar-refractivity contribution in [3.63, 3.8) is 0 Å². The van der Waals surface area contributed by atoms with Crippen LogP contribution in [-0.4, -0.2) is 4.57 Å². The van der Waals surface area contributed by atoms with E-state index in [1.807, 2.05) is 0 Å². The van der Waals surface area contributed by atoms with Gasteiger partial charge in [0.25, 0.3) is 0 Å². The summed E-state index contributed by atoms with van der Waals surface area (Å²) in [5.41, 5.74) is 15.5. The van der Waals surface area contributed by atoms with Gasteiger partial charge in [0.1, 0.15) is 11.2 Å². The fraction of sp³-hybridized carbons (Fsp3) is 0. The Morgan fingerprint density at radius 3 is 1.62 bits per heavy atom. The smallest absolute Gasteiger partial charge is 0.143 e. The molecule has 0 aliphatic heterocycles. The van der Waals surface area contributed by atoms with Gasteiger partial charge in [-0.2, -0.15) is 0 Å². The fourth-order valence-corrected chi connectivity index (χ4v) is 10.2. The minimum absolute atomic E-state index is 0.886. The Balaban J connectivity index is 0.945. The minimum Gasteiger partial charge on any atom is -0.455 e. The van der Waals surface area contributed by atoms with Crippen LogP contribution in [0.3, 0.4) is 0 Å². The van der Waals surface area contributed by atoms with Gasteiger partial charge in [-0.25, -0.2) is 0 Å². The number of nitrogens with zero attached hydrogens (tertiary/aromatic N) is 2. The lowest BCUT2D eigenvalue weighted by molar-refractivity contribution is 0.673. The molecule has 0 radical (unpaired) electrons. The first-order valence-electron chi connectivity index (χ1n) is 22.2. The van der Waals surface area contributed by atoms with Crippen LogP contribution in [0.4, 0.5) is 17.1 Å². The Morgan fingerprint density at radius 1 is 0.323 bits per heavy atom. The van der Waals surface area contributed by atoms with Gasteiger partial charge in [-0.05, 0) is 122 Å². The number of hydrogen-bond donors (Lipinski definition) is 0. The van der Waals surface area contributed by atoms with E-state index in [0.717, 1.165) is 72.3 Å². The van der Waals surface area contributed by atoms with Gasteiger partial charge >= 0.3 is 0 Å². The lowest BCUT2D eigenvalue weighted by Gasteiger charge is -2.27. The summed E-state index contributed by atoms with van der Waals surface area (Å²) in [6, 6.07) is 87.7. The standard InChI is InChI=1S/C62H40N2O/c1-3-23-51-42(14-1)16-12-27-52(51)45-18-10-20-48(39-45)63(49-21-11-19-46(40-49)53-28-13-31-60-61(53)57-37-34-43-15-2-4-24-54(43)62(57)65-60)47-35-32-41(33-36-47)44-17-9-22-50(38-44)64-58-29-7-5-25-55(58)56-26-6-8-30-59(56)64/h1-40H. The number of aromatic nitrogens is 1. The summed E-state index contributed by atoms with van der Waals surface area (Å²) in [5.74, 6) is 0. The van der Waals surface area contributed by atoms with Crippen LogP contribution in [0, 0.1) is 0 Å². The molecular formula is C62H40N2O. The van der Waals surface area contributed by atoms with Gasteiger partial charge < -0.3 is 13.9 Å². The van der Waals surface area contributed by atoms with E-state index in [1.165, 1.54) is 49.1 Å². The molecule has 304 valence electrons. The lowest BCUT2D eigenvalue weighted by Crippen LogP contribution is -2.10. The highest BCUT2D eigenvalue weighted by Gasteiger charge is 2.19. The van der Waals surface area contributed by atoms with Crippen LogP contribution in [-0.2, 0) is 0 Å². The second-order valence-electron chi connectivity index (χ2n) is 16.9. The zero-order chi connectivity index (χ0) is 42.8. The second kappa shape index (κ2) is 15.0. The molecule has 0 aliphatic rings. The van der Waals surface area contributed by atoms with E-state index in [1.54, 1.807) is 0 Å². The van der Waals surface area contributed by atoms with Crippen LogP contribution >= 0.6 is 0 Å². The average Bonchev–Trinajstić information content (AvgIpc) is 3.93. The first kappa shape index (κ1) is 36.9. The molecule has 0 spiro atoms. The molecular weight excluding hydrogens is 789 g/mol. The van der Waals surface area contributed by atoms with Gasteiger partial charge in [0.15, 0.2) is 0 Å². The van der Waals surface area contributed by atoms with Gasteiger partial charge in [-0.1, -0.05) is 170 Å². The van der Waals surface area contributed by atoms with Crippen LogP contribution in [0.15, 0.2) is 247 Å². The summed E-state index contributed by atoms with van der Waals surface area (Å²) in [4.78, 5) is 2.39. The van der Waals surface area contributed by atoms with Crippen molar-refractivity contribution >= 4 is 82.4 Å². The van der Waals surface area contributed by atoms with Crippen molar-refractivity contribution < 1.29 is 4.42 Å². The molecule has 13 rings (SSSR count). The molecule has 0 saturated heterocycles. The number of hydrogen-bond acceptors (Lipinski definition) is 2. The molecule has 3 heteroatoms. The Hall–Kier alpha value is -8.66. The number of fused-ring (bicyclic) bond motifs is 9. The monoisotopic (exact) mass is 828 g/mol. The molecule has 0 aliphatic carbocycles. The topological polar surface area (TPSA) is 21.3 Å². The molecule has 2 heterocycles. The maximum absolute atomic E-state index is 6.63. The minimum atomic E-state index is 0.886. The highest BCUT2D eigenvalue weighted by molar-refractivity contribution is 6.19. The van der Waals surface area contributed by atoms with Crippen molar-refractivity contribution in [2.45, 2.75) is 0 Å². The third kappa shape index (κ3) is 6.12. The highest BCUT2D eigenvalue weighted by Crippen LogP contribution is 2.43. The number of benzene rings is 11. The highest BCUT2D eigenvalue weighted by atomic mass is 16.3. The van der Waals surface area contributed by atoms with Gasteiger partial charge in [0.05, 0.1) is 11.0 Å². The van der Waals surface area contributed by atoms with Crippen LogP contribution in [0.5, 0.6) is 0 Å². The Bertz CT molecular complexity index is 3910. The molecule has 11 aromatic carbocycles. The lowest BCUT2D eigenvalue weighted by atomic mass is 9.96. The molecule has 3 nitrogen and oxygen atoms in total. The molecule has 13 aromatic rings. The predicted molar refractivity (Wildman–Crippen MR) is 274 cm³/mol. The van der Waals surface area contributed by atoms with Gasteiger partial charge in [-0.15, -0.1) is 0 Å². The molecule has 0 saturated carbocycles. The van der Waals surface area contributed by atoms with E-state index in [2.05, 4.69) is 252 Å². The quantitative estimate of drug-likeness (QED) is 0.160. The Labute approximate surface area is 376 Å². The van der Waals surface area contributed by atoms with Gasteiger partial charge in [-0.3, -0.25) is 0 Å². The number of rotatable bonds is 7. The third-order valence-electron chi connectivity index (χ3n) is 13.2. The van der Waals surface area contributed by atoms with Crippen molar-refractivity contribution in [3.05, 3.63) is 243 Å². The van der Waals surface area contributed by atoms with E-state index in [4.69, 9.17) is 4.42 Å². The van der Waals surface area contributed by atoms with E-state index < -0.39 is 0 Å². The largest absolute Gasteiger partial charge is 0.455 e. The van der Waals surface area contributed by atoms with Crippen molar-refractivity contribution in [2.24, 2.45) is 0 Å². The SMILES string of the molecule is c1cc(-c2cccc3ccccc23)cc(N(c2ccc(-c3cccc(-n4c5ccccc5c5ccccc54)c3)cc2)c2cccc(-c3cccc4oc5c6ccccc6ccc5c34)c2)c1. The van der Waals surface area contributed by atoms with Crippen LogP contribution in [0.2, 0.25) is 0 Å². The van der Waals surface area contributed by atoms with Gasteiger partial charge in [0.2, 0.25) is 0 Å². The number of furan rings is 1. The fourth-order valence-electron chi connectivity index (χ4n) is 10.2. The summed E-state index contributed by atoms with van der Waals surface area (Å²) in [6.07, 6.45) is 0. The van der Waals surface area contributed by atoms with Crippen molar-refractivity contribution in [3.8, 4) is 39.1 Å². The van der Waals surface area contributed by atoms with Crippen molar-refractivity contribution in [1.82, 2.24) is 4.57 Å². The average molecular weight is 829 g/mol. The molecule has 0 N–H and O–H groups in total. The van der Waals surface area contributed by atoms with Crippen LogP contribution in [0.25, 0.3) is 104 Å². The number of anilines is 3. The summed E-state index contributed by atoms with van der Waals surface area (Å²) >= 11 is 0. The van der Waals surface area contributed by atoms with E-state index in [0.29, 0.717) is 0 Å². The van der Waals surface area contributed by atoms with E-state index >= 15 is 0 Å². The first-order valence-corrected chi connectivity index (χ1v) is 22.2. The summed E-state index contributed by atoms with van der Waals surface area (Å²) in [7, 11) is 0. The summed E-state index contributed by atoms with van der Waals surface area (Å²) in [6.45, 7) is 0. The molecule has 0 amide bonds. The van der Waals surface area contributed by atoms with Crippen LogP contribution < -0.4 is 4.90 Å². The Kier molecular flexibility index (Phi) is 8.53. The summed E-state index contributed by atoms with van der Waals surface area (Å²) < 4.78 is 9.02. The van der Waals surface area contributed by atoms with Crippen LogP contribution in [0.1, 0.15) is 0 Å². The third-order valence-corrected chi connectivity index (χ3v) is 13.2. The molecule has 0 atom stereocenters. The maximum atomic E-state index is 6.63. The first-order chi connectivity index (χ1) is 32.2. The zero-order valence-electron chi connectivity index (χ0n) is 35.4. The normalized spacial score (nSPS) is 11.7. The maximum Gasteiger partial charge on any atom is 0.143 e. The second-order valence-corrected chi connectivity index (χ2v) is 16.9. The predicted octanol–water partition coefficient (Wildman–Crippen LogP) is 17.5. The Morgan fingerprint density at radius 2 is 0.877 bits per heavy atom. The summed E-state index contributed by atoms with van der Waals surface area (Å²) in [5, 5.41) is 9.53. The van der Waals surface area contributed by atoms with Crippen molar-refractivity contribution in [1.29, 1.82) is 0 Å².